The Kier molecular flexibility index (Phi) is 12.3. The maximum Gasteiger partial charge on any atom is 0.251 e. The monoisotopic (exact) mass is 404 g/mol. The van der Waals surface area contributed by atoms with Gasteiger partial charge in [0.2, 0.25) is 5.91 Å². The fourth-order valence-corrected chi connectivity index (χ4v) is 2.24. The fraction of sp³-hybridized carbons (Fsp3) is 0.556. The van der Waals surface area contributed by atoms with Crippen LogP contribution in [-0.4, -0.2) is 57.0 Å². The van der Waals surface area contributed by atoms with Crippen LogP contribution in [0.3, 0.4) is 0 Å². The van der Waals surface area contributed by atoms with Gasteiger partial charge in [-0.1, -0.05) is 12.1 Å². The van der Waals surface area contributed by atoms with Crippen molar-refractivity contribution < 1.29 is 9.59 Å². The second-order valence-corrected chi connectivity index (χ2v) is 6.61. The highest BCUT2D eigenvalue weighted by Crippen LogP contribution is 2.27. The number of halogens is 2. The van der Waals surface area contributed by atoms with E-state index in [1.165, 1.54) is 12.8 Å². The zero-order valence-electron chi connectivity index (χ0n) is 15.4. The van der Waals surface area contributed by atoms with E-state index in [1.54, 1.807) is 12.1 Å². The lowest BCUT2D eigenvalue weighted by Crippen LogP contribution is -2.34. The highest BCUT2D eigenvalue weighted by molar-refractivity contribution is 5.94. The van der Waals surface area contributed by atoms with Gasteiger partial charge in [-0.05, 0) is 57.1 Å². The van der Waals surface area contributed by atoms with E-state index < -0.39 is 0 Å². The van der Waals surface area contributed by atoms with Crippen molar-refractivity contribution in [2.75, 3.05) is 40.3 Å². The maximum atomic E-state index is 12.0. The fourth-order valence-electron chi connectivity index (χ4n) is 2.24. The van der Waals surface area contributed by atoms with E-state index in [2.05, 4.69) is 16.0 Å². The third kappa shape index (κ3) is 9.97. The molecule has 2 amide bonds. The minimum absolute atomic E-state index is 0. The van der Waals surface area contributed by atoms with Gasteiger partial charge in [-0.25, -0.2) is 0 Å². The molecule has 6 nitrogen and oxygen atoms in total. The number of nitrogens with zero attached hydrogens (tertiary/aromatic N) is 1. The predicted octanol–water partition coefficient (Wildman–Crippen LogP) is 1.44. The van der Waals surface area contributed by atoms with E-state index >= 15 is 0 Å². The molecule has 1 fully saturated rings. The Hall–Kier alpha value is -1.34. The molecule has 1 aliphatic carbocycles. The minimum Gasteiger partial charge on any atom is -0.351 e. The second-order valence-electron chi connectivity index (χ2n) is 6.61. The van der Waals surface area contributed by atoms with E-state index in [0.29, 0.717) is 25.2 Å². The van der Waals surface area contributed by atoms with Gasteiger partial charge in [0.15, 0.2) is 0 Å². The van der Waals surface area contributed by atoms with Crippen molar-refractivity contribution in [3.63, 3.8) is 0 Å². The number of likely N-dealkylation sites (N-methyl/N-ethyl adjacent to an activating group) is 1. The number of carbonyl (C=O) groups is 2. The van der Waals surface area contributed by atoms with Crippen molar-refractivity contribution in [2.24, 2.45) is 5.92 Å². The number of amides is 2. The summed E-state index contributed by atoms with van der Waals surface area (Å²) in [6.45, 7) is 3.21. The minimum atomic E-state index is -0.0725. The standard InChI is InChI=1S/C18H28N4O2.2ClH/c1-22(2)10-9-20-18(24)16-7-5-15(6-8-16)12-21-17(23)13-19-11-14-3-4-14;;/h5-8,14,19H,3-4,9-13H2,1-2H3,(H,20,24)(H,21,23);2*1H. The molecule has 3 N–H and O–H groups in total. The lowest BCUT2D eigenvalue weighted by molar-refractivity contribution is -0.120. The van der Waals surface area contributed by atoms with E-state index in [9.17, 15) is 9.59 Å². The van der Waals surface area contributed by atoms with Gasteiger partial charge in [0.05, 0.1) is 6.54 Å². The maximum absolute atomic E-state index is 12.0. The van der Waals surface area contributed by atoms with Crippen LogP contribution in [0.4, 0.5) is 0 Å². The molecule has 0 saturated heterocycles. The summed E-state index contributed by atoms with van der Waals surface area (Å²) in [4.78, 5) is 25.7. The van der Waals surface area contributed by atoms with Crippen molar-refractivity contribution in [2.45, 2.75) is 19.4 Å². The van der Waals surface area contributed by atoms with Crippen molar-refractivity contribution in [3.05, 3.63) is 35.4 Å². The van der Waals surface area contributed by atoms with Gasteiger partial charge < -0.3 is 20.9 Å². The molecule has 0 radical (unpaired) electrons. The van der Waals surface area contributed by atoms with Gasteiger partial charge >= 0.3 is 0 Å². The number of hydrogen-bond donors (Lipinski definition) is 3. The molecule has 0 aliphatic heterocycles. The van der Waals surface area contributed by atoms with E-state index in [4.69, 9.17) is 0 Å². The molecule has 0 bridgehead atoms. The van der Waals surface area contributed by atoms with Crippen molar-refractivity contribution >= 4 is 36.6 Å². The summed E-state index contributed by atoms with van der Waals surface area (Å²) < 4.78 is 0. The molecular weight excluding hydrogens is 375 g/mol. The first-order chi connectivity index (χ1) is 11.5. The lowest BCUT2D eigenvalue weighted by atomic mass is 10.1. The smallest absolute Gasteiger partial charge is 0.251 e. The van der Waals surface area contributed by atoms with Crippen LogP contribution in [0.25, 0.3) is 0 Å². The summed E-state index contributed by atoms with van der Waals surface area (Å²) in [5.41, 5.74) is 1.62. The van der Waals surface area contributed by atoms with Crippen LogP contribution in [0.5, 0.6) is 0 Å². The number of benzene rings is 1. The van der Waals surface area contributed by atoms with Gasteiger partial charge in [0.25, 0.3) is 5.91 Å². The first kappa shape index (κ1) is 24.7. The summed E-state index contributed by atoms with van der Waals surface area (Å²) in [6.07, 6.45) is 2.56. The lowest BCUT2D eigenvalue weighted by Gasteiger charge is -2.11. The van der Waals surface area contributed by atoms with Crippen LogP contribution in [0.15, 0.2) is 24.3 Å². The molecule has 0 unspecified atom stereocenters. The van der Waals surface area contributed by atoms with E-state index in [0.717, 1.165) is 24.6 Å². The van der Waals surface area contributed by atoms with Gasteiger partial charge in [0.1, 0.15) is 0 Å². The normalized spacial score (nSPS) is 12.7. The molecular formula is C18H30Cl2N4O2. The predicted molar refractivity (Wildman–Crippen MR) is 109 cm³/mol. The Labute approximate surface area is 168 Å². The van der Waals surface area contributed by atoms with E-state index in [1.807, 2.05) is 31.1 Å². The number of nitrogens with one attached hydrogen (secondary N) is 3. The average molecular weight is 405 g/mol. The molecule has 148 valence electrons. The van der Waals surface area contributed by atoms with Gasteiger partial charge in [-0.2, -0.15) is 0 Å². The van der Waals surface area contributed by atoms with Crippen LogP contribution in [-0.2, 0) is 11.3 Å². The summed E-state index contributed by atoms with van der Waals surface area (Å²) in [5.74, 6) is 0.701. The van der Waals surface area contributed by atoms with Crippen LogP contribution < -0.4 is 16.0 Å². The van der Waals surface area contributed by atoms with Crippen molar-refractivity contribution in [1.82, 2.24) is 20.9 Å². The quantitative estimate of drug-likeness (QED) is 0.551. The molecule has 26 heavy (non-hydrogen) atoms. The molecule has 1 aromatic carbocycles. The Morgan fingerprint density at radius 3 is 2.31 bits per heavy atom. The van der Waals surface area contributed by atoms with Gasteiger partial charge in [-0.3, -0.25) is 9.59 Å². The Balaban J connectivity index is 0.00000312. The topological polar surface area (TPSA) is 73.5 Å². The second kappa shape index (κ2) is 12.9. The average Bonchev–Trinajstić information content (AvgIpc) is 3.37. The molecule has 1 aliphatic rings. The third-order valence-corrected chi connectivity index (χ3v) is 3.97. The largest absolute Gasteiger partial charge is 0.351 e. The third-order valence-electron chi connectivity index (χ3n) is 3.97. The van der Waals surface area contributed by atoms with Crippen molar-refractivity contribution in [1.29, 1.82) is 0 Å². The molecule has 2 rings (SSSR count). The molecule has 1 aromatic rings. The summed E-state index contributed by atoms with van der Waals surface area (Å²) in [7, 11) is 3.94. The molecule has 0 heterocycles. The Bertz CT molecular complexity index is 549. The summed E-state index contributed by atoms with van der Waals surface area (Å²) >= 11 is 0. The molecule has 1 saturated carbocycles. The summed E-state index contributed by atoms with van der Waals surface area (Å²) in [6, 6.07) is 7.33. The van der Waals surface area contributed by atoms with Gasteiger partial charge in [0, 0.05) is 25.2 Å². The SMILES string of the molecule is CN(C)CCNC(=O)c1ccc(CNC(=O)CNCC2CC2)cc1.Cl.Cl. The van der Waals surface area contributed by atoms with Crippen LogP contribution in [0, 0.1) is 5.92 Å². The Morgan fingerprint density at radius 1 is 1.08 bits per heavy atom. The van der Waals surface area contributed by atoms with Gasteiger partial charge in [-0.15, -0.1) is 24.8 Å². The highest BCUT2D eigenvalue weighted by Gasteiger charge is 2.20. The number of carbonyl (C=O) groups excluding carboxylic acids is 2. The zero-order chi connectivity index (χ0) is 17.4. The molecule has 0 spiro atoms. The summed E-state index contributed by atoms with van der Waals surface area (Å²) in [5, 5.41) is 8.93. The number of hydrogen-bond acceptors (Lipinski definition) is 4. The zero-order valence-corrected chi connectivity index (χ0v) is 17.0. The van der Waals surface area contributed by atoms with Crippen LogP contribution in [0.2, 0.25) is 0 Å². The molecule has 0 atom stereocenters. The highest BCUT2D eigenvalue weighted by atomic mass is 35.5. The van der Waals surface area contributed by atoms with E-state index in [-0.39, 0.29) is 36.6 Å². The first-order valence-electron chi connectivity index (χ1n) is 8.54. The van der Waals surface area contributed by atoms with Crippen LogP contribution in [0.1, 0.15) is 28.8 Å². The van der Waals surface area contributed by atoms with Crippen LogP contribution >= 0.6 is 24.8 Å². The Morgan fingerprint density at radius 2 is 1.73 bits per heavy atom. The number of rotatable bonds is 10. The van der Waals surface area contributed by atoms with Crippen molar-refractivity contribution in [3.8, 4) is 0 Å². The molecule has 0 aromatic heterocycles. The molecule has 8 heteroatoms. The first-order valence-corrected chi connectivity index (χ1v) is 8.54.